The molecule has 6 heteroatoms. The van der Waals surface area contributed by atoms with E-state index in [0.29, 0.717) is 16.3 Å². The van der Waals surface area contributed by atoms with Crippen LogP contribution in [0.2, 0.25) is 0 Å². The summed E-state index contributed by atoms with van der Waals surface area (Å²) in [6, 6.07) is 50.9. The number of hydrogen-bond acceptors (Lipinski definition) is 6. The zero-order valence-corrected chi connectivity index (χ0v) is 28.6. The van der Waals surface area contributed by atoms with Crippen LogP contribution < -0.4 is 0 Å². The van der Waals surface area contributed by atoms with E-state index in [0.717, 1.165) is 76.9 Å². The van der Waals surface area contributed by atoms with Crippen molar-refractivity contribution in [2.24, 2.45) is 0 Å². The van der Waals surface area contributed by atoms with E-state index >= 15 is 0 Å². The van der Waals surface area contributed by atoms with Crippen molar-refractivity contribution < 1.29 is 29.9 Å². The van der Waals surface area contributed by atoms with E-state index in [1.807, 2.05) is 97.1 Å². The lowest BCUT2D eigenvalue weighted by Crippen LogP contribution is -1.93. The molecule has 0 saturated carbocycles. The van der Waals surface area contributed by atoms with Crippen LogP contribution in [0.4, 0.5) is 0 Å². The minimum absolute atomic E-state index is 0.184. The lowest BCUT2D eigenvalue weighted by molar-refractivity contribution is 0.330. The minimum atomic E-state index is -1.000. The van der Waals surface area contributed by atoms with Crippen molar-refractivity contribution in [2.45, 2.75) is 0 Å². The zero-order chi connectivity index (χ0) is 36.7. The quantitative estimate of drug-likeness (QED) is 0.0708. The van der Waals surface area contributed by atoms with Crippen molar-refractivity contribution in [3.05, 3.63) is 152 Å². The van der Waals surface area contributed by atoms with Crippen LogP contribution in [0.1, 0.15) is 0 Å². The van der Waals surface area contributed by atoms with Crippen LogP contribution in [0, 0.1) is 0 Å². The first-order chi connectivity index (χ1) is 26.4. The summed E-state index contributed by atoms with van der Waals surface area (Å²) in [6.07, 6.45) is 0. The van der Waals surface area contributed by atoms with Crippen LogP contribution in [-0.4, -0.2) is 25.5 Å². The van der Waals surface area contributed by atoms with E-state index in [-0.39, 0.29) is 5.56 Å². The Bertz CT molecular complexity index is 3070. The van der Waals surface area contributed by atoms with Crippen molar-refractivity contribution in [3.8, 4) is 73.3 Å². The van der Waals surface area contributed by atoms with Crippen LogP contribution in [0.15, 0.2) is 156 Å². The van der Waals surface area contributed by atoms with Crippen LogP contribution in [-0.2, 0) is 0 Å². The molecule has 0 aliphatic heterocycles. The molecule has 6 nitrogen and oxygen atoms in total. The average Bonchev–Trinajstić information content (AvgIpc) is 3.60. The molecule has 0 aliphatic rings. The topological polar surface area (TPSA) is 114 Å². The second-order valence-corrected chi connectivity index (χ2v) is 13.6. The normalized spacial score (nSPS) is 11.7. The fourth-order valence-electron chi connectivity index (χ4n) is 8.16. The fraction of sp³-hybridized carbons (Fsp3) is 0. The molecule has 10 aromatic rings. The van der Waals surface area contributed by atoms with Gasteiger partial charge in [-0.15, -0.1) is 0 Å². The highest BCUT2D eigenvalue weighted by Crippen LogP contribution is 2.58. The van der Waals surface area contributed by atoms with Gasteiger partial charge in [-0.25, -0.2) is 0 Å². The number of phenolic OH excluding ortho intramolecular Hbond substituents is 5. The van der Waals surface area contributed by atoms with Crippen molar-refractivity contribution in [1.82, 2.24) is 0 Å². The smallest absolute Gasteiger partial charge is 0.208 e. The Balaban J connectivity index is 1.27. The largest absolute Gasteiger partial charge is 0.504 e. The predicted octanol–water partition coefficient (Wildman–Crippen LogP) is 12.2. The van der Waals surface area contributed by atoms with E-state index in [4.69, 9.17) is 4.42 Å². The Morgan fingerprint density at radius 1 is 0.315 bits per heavy atom. The standard InChI is InChI=1S/C48H30O6/c49-44-43(45(50)47(52)48(53)46(44)51)42-34-17-8-6-15-32(34)40(33-16-7-9-18-35(33)42)36-25-29(23-28-13-4-5-14-30(28)36)27-21-22-38-37(24-27)41-31(19-10-20-39(41)54-38)26-11-2-1-3-12-26/h1-25,49-53H. The Morgan fingerprint density at radius 2 is 0.889 bits per heavy atom. The third-order valence-corrected chi connectivity index (χ3v) is 10.6. The molecular weight excluding hydrogens is 673 g/mol. The van der Waals surface area contributed by atoms with Crippen molar-refractivity contribution >= 4 is 54.3 Å². The number of aromatic hydroxyl groups is 5. The molecule has 54 heavy (non-hydrogen) atoms. The van der Waals surface area contributed by atoms with Gasteiger partial charge in [0.15, 0.2) is 11.5 Å². The molecule has 0 bridgehead atoms. The average molecular weight is 703 g/mol. The minimum Gasteiger partial charge on any atom is -0.504 e. The van der Waals surface area contributed by atoms with Gasteiger partial charge in [0, 0.05) is 16.3 Å². The fourth-order valence-corrected chi connectivity index (χ4v) is 8.16. The Labute approximate surface area is 308 Å². The number of furan rings is 1. The highest BCUT2D eigenvalue weighted by atomic mass is 16.4. The maximum Gasteiger partial charge on any atom is 0.208 e. The highest BCUT2D eigenvalue weighted by molar-refractivity contribution is 6.25. The summed E-state index contributed by atoms with van der Waals surface area (Å²) < 4.78 is 6.37. The van der Waals surface area contributed by atoms with Gasteiger partial charge in [0.25, 0.3) is 0 Å². The van der Waals surface area contributed by atoms with Gasteiger partial charge in [0.1, 0.15) is 11.2 Å². The van der Waals surface area contributed by atoms with Gasteiger partial charge in [-0.2, -0.15) is 0 Å². The summed E-state index contributed by atoms with van der Waals surface area (Å²) >= 11 is 0. The number of rotatable bonds is 4. The molecule has 0 aliphatic carbocycles. The summed E-state index contributed by atoms with van der Waals surface area (Å²) in [6.45, 7) is 0. The third-order valence-electron chi connectivity index (χ3n) is 10.6. The molecule has 0 fully saturated rings. The number of hydrogen-bond donors (Lipinski definition) is 5. The number of benzene rings is 9. The van der Waals surface area contributed by atoms with Gasteiger partial charge in [-0.1, -0.05) is 121 Å². The van der Waals surface area contributed by atoms with Gasteiger partial charge in [0.05, 0.1) is 5.56 Å². The van der Waals surface area contributed by atoms with E-state index in [1.54, 1.807) is 0 Å². The first kappa shape index (κ1) is 31.3. The molecule has 0 spiro atoms. The predicted molar refractivity (Wildman–Crippen MR) is 216 cm³/mol. The summed E-state index contributed by atoms with van der Waals surface area (Å²) in [5.74, 6) is -4.32. The molecule has 0 saturated heterocycles. The SMILES string of the molecule is Oc1c(O)c(O)c(-c2c3ccccc3c(-c3cc(-c4ccc5oc6cccc(-c7ccccc7)c6c5c4)cc4ccccc34)c3ccccc23)c(O)c1O. The van der Waals surface area contributed by atoms with Gasteiger partial charge in [0.2, 0.25) is 17.2 Å². The van der Waals surface area contributed by atoms with E-state index in [2.05, 4.69) is 54.6 Å². The van der Waals surface area contributed by atoms with Gasteiger partial charge < -0.3 is 29.9 Å². The molecule has 1 heterocycles. The second-order valence-electron chi connectivity index (χ2n) is 13.6. The Hall–Kier alpha value is -7.44. The second kappa shape index (κ2) is 11.8. The molecule has 0 unspecified atom stereocenters. The third kappa shape index (κ3) is 4.53. The monoisotopic (exact) mass is 702 g/mol. The lowest BCUT2D eigenvalue weighted by Gasteiger charge is -2.21. The van der Waals surface area contributed by atoms with E-state index in [1.165, 1.54) is 0 Å². The highest BCUT2D eigenvalue weighted by Gasteiger charge is 2.28. The van der Waals surface area contributed by atoms with Crippen LogP contribution in [0.3, 0.4) is 0 Å². The van der Waals surface area contributed by atoms with Crippen molar-refractivity contribution in [3.63, 3.8) is 0 Å². The molecule has 0 radical (unpaired) electrons. The summed E-state index contributed by atoms with van der Waals surface area (Å²) in [5.41, 5.74) is 8.03. The lowest BCUT2D eigenvalue weighted by atomic mass is 9.83. The molecule has 9 aromatic carbocycles. The van der Waals surface area contributed by atoms with Crippen LogP contribution in [0.25, 0.3) is 98.8 Å². The zero-order valence-electron chi connectivity index (χ0n) is 28.6. The van der Waals surface area contributed by atoms with E-state index in [9.17, 15) is 25.5 Å². The van der Waals surface area contributed by atoms with Crippen molar-refractivity contribution in [2.75, 3.05) is 0 Å². The molecule has 0 atom stereocenters. The first-order valence-corrected chi connectivity index (χ1v) is 17.6. The van der Waals surface area contributed by atoms with Gasteiger partial charge >= 0.3 is 0 Å². The summed E-state index contributed by atoms with van der Waals surface area (Å²) in [7, 11) is 0. The Kier molecular flexibility index (Phi) is 6.84. The molecule has 1 aromatic heterocycles. The maximum atomic E-state index is 11.2. The van der Waals surface area contributed by atoms with Crippen LogP contribution >= 0.6 is 0 Å². The van der Waals surface area contributed by atoms with Crippen LogP contribution in [0.5, 0.6) is 28.7 Å². The van der Waals surface area contributed by atoms with Crippen molar-refractivity contribution in [1.29, 1.82) is 0 Å². The summed E-state index contributed by atoms with van der Waals surface area (Å²) in [4.78, 5) is 0. The first-order valence-electron chi connectivity index (χ1n) is 17.6. The maximum absolute atomic E-state index is 11.2. The molecular formula is C48H30O6. The Morgan fingerprint density at radius 3 is 1.56 bits per heavy atom. The summed E-state index contributed by atoms with van der Waals surface area (Å²) in [5, 5.41) is 60.9. The molecule has 258 valence electrons. The molecule has 0 amide bonds. The molecule has 10 rings (SSSR count). The molecule has 5 N–H and O–H groups in total. The van der Waals surface area contributed by atoms with Gasteiger partial charge in [-0.3, -0.25) is 0 Å². The van der Waals surface area contributed by atoms with Gasteiger partial charge in [-0.05, 0) is 96.0 Å². The van der Waals surface area contributed by atoms with E-state index < -0.39 is 28.7 Å². The number of phenols is 5. The number of fused-ring (bicyclic) bond motifs is 6.